The topological polar surface area (TPSA) is 101 Å². The number of sulfonamides is 1. The second kappa shape index (κ2) is 6.82. The van der Waals surface area contributed by atoms with Crippen LogP contribution in [-0.2, 0) is 20.5 Å². The lowest BCUT2D eigenvalue weighted by Gasteiger charge is -2.06. The number of nitrogens with zero attached hydrogens (tertiary/aromatic N) is 1. The van der Waals surface area contributed by atoms with Crippen LogP contribution >= 0.6 is 0 Å². The van der Waals surface area contributed by atoms with Crippen molar-refractivity contribution >= 4 is 21.8 Å². The zero-order chi connectivity index (χ0) is 17.0. The maximum atomic E-state index is 12.2. The Morgan fingerprint density at radius 1 is 1.30 bits per heavy atom. The van der Waals surface area contributed by atoms with Gasteiger partial charge in [0.05, 0.1) is 18.4 Å². The van der Waals surface area contributed by atoms with E-state index in [9.17, 15) is 13.2 Å². The average molecular weight is 337 g/mol. The number of rotatable bonds is 6. The van der Waals surface area contributed by atoms with Gasteiger partial charge in [-0.05, 0) is 23.6 Å². The quantitative estimate of drug-likeness (QED) is 0.787. The molecule has 0 aliphatic rings. The third-order valence-corrected chi connectivity index (χ3v) is 4.44. The van der Waals surface area contributed by atoms with Crippen molar-refractivity contribution in [2.45, 2.75) is 25.5 Å². The number of nitrogens with one attached hydrogen (secondary N) is 2. The molecule has 23 heavy (non-hydrogen) atoms. The third kappa shape index (κ3) is 4.56. The predicted molar refractivity (Wildman–Crippen MR) is 86.7 cm³/mol. The fourth-order valence-corrected chi connectivity index (χ4v) is 3.08. The van der Waals surface area contributed by atoms with E-state index in [0.29, 0.717) is 11.1 Å². The summed E-state index contributed by atoms with van der Waals surface area (Å²) < 4.78 is 31.4. The van der Waals surface area contributed by atoms with E-state index < -0.39 is 16.0 Å². The standard InChI is InChI=1S/C15H19N3O4S/c1-10(2)13-8-14(17-16-13)18-23(20,21)9-11-4-6-12(7-5-11)15(19)22-3/h4-8,10H,9H2,1-3H3,(H2,16,17,18). The smallest absolute Gasteiger partial charge is 0.337 e. The second-order valence-corrected chi connectivity index (χ2v) is 7.14. The molecule has 0 saturated heterocycles. The fourth-order valence-electron chi connectivity index (χ4n) is 1.95. The molecule has 0 unspecified atom stereocenters. The Labute approximate surface area is 135 Å². The molecule has 2 rings (SSSR count). The highest BCUT2D eigenvalue weighted by atomic mass is 32.2. The Bertz CT molecular complexity index is 779. The van der Waals surface area contributed by atoms with Gasteiger partial charge >= 0.3 is 5.97 Å². The number of ether oxygens (including phenoxy) is 1. The molecular weight excluding hydrogens is 318 g/mol. The number of H-pyrrole nitrogens is 1. The van der Waals surface area contributed by atoms with Crippen LogP contribution in [0, 0.1) is 0 Å². The van der Waals surface area contributed by atoms with Crippen molar-refractivity contribution in [1.29, 1.82) is 0 Å². The van der Waals surface area contributed by atoms with E-state index in [1.54, 1.807) is 18.2 Å². The van der Waals surface area contributed by atoms with Crippen molar-refractivity contribution in [3.05, 3.63) is 47.2 Å². The maximum Gasteiger partial charge on any atom is 0.337 e. The Kier molecular flexibility index (Phi) is 5.05. The van der Waals surface area contributed by atoms with Crippen molar-refractivity contribution in [3.63, 3.8) is 0 Å². The number of aromatic amines is 1. The molecule has 0 saturated carbocycles. The van der Waals surface area contributed by atoms with Gasteiger partial charge in [0.1, 0.15) is 0 Å². The van der Waals surface area contributed by atoms with Gasteiger partial charge in [0.25, 0.3) is 0 Å². The number of anilines is 1. The molecule has 7 nitrogen and oxygen atoms in total. The first-order chi connectivity index (χ1) is 10.8. The number of hydrogen-bond acceptors (Lipinski definition) is 5. The molecule has 124 valence electrons. The summed E-state index contributed by atoms with van der Waals surface area (Å²) in [5.41, 5.74) is 1.78. The lowest BCUT2D eigenvalue weighted by Crippen LogP contribution is -2.15. The molecule has 1 heterocycles. The highest BCUT2D eigenvalue weighted by Gasteiger charge is 2.15. The Morgan fingerprint density at radius 2 is 1.96 bits per heavy atom. The van der Waals surface area contributed by atoms with Crippen LogP contribution in [0.3, 0.4) is 0 Å². The molecule has 0 amide bonds. The van der Waals surface area contributed by atoms with Crippen LogP contribution in [-0.4, -0.2) is 31.7 Å². The van der Waals surface area contributed by atoms with Gasteiger partial charge in [-0.3, -0.25) is 9.82 Å². The number of methoxy groups -OCH3 is 1. The van der Waals surface area contributed by atoms with E-state index in [4.69, 9.17) is 0 Å². The summed E-state index contributed by atoms with van der Waals surface area (Å²) in [5, 5.41) is 6.73. The van der Waals surface area contributed by atoms with Crippen LogP contribution in [0.25, 0.3) is 0 Å². The number of esters is 1. The molecule has 0 radical (unpaired) electrons. The summed E-state index contributed by atoms with van der Waals surface area (Å²) in [6, 6.07) is 7.89. The molecule has 0 fully saturated rings. The van der Waals surface area contributed by atoms with Gasteiger partial charge in [-0.2, -0.15) is 5.10 Å². The number of carbonyl (C=O) groups is 1. The fraction of sp³-hybridized carbons (Fsp3) is 0.333. The summed E-state index contributed by atoms with van der Waals surface area (Å²) in [4.78, 5) is 11.3. The Hall–Kier alpha value is -2.35. The summed E-state index contributed by atoms with van der Waals surface area (Å²) >= 11 is 0. The number of benzene rings is 1. The summed E-state index contributed by atoms with van der Waals surface area (Å²) in [6.07, 6.45) is 0. The summed E-state index contributed by atoms with van der Waals surface area (Å²) in [7, 11) is -2.30. The first-order valence-corrected chi connectivity index (χ1v) is 8.69. The second-order valence-electron chi connectivity index (χ2n) is 5.41. The molecule has 2 aromatic rings. The van der Waals surface area contributed by atoms with Gasteiger partial charge in [0.15, 0.2) is 5.82 Å². The first-order valence-electron chi connectivity index (χ1n) is 7.04. The van der Waals surface area contributed by atoms with Crippen LogP contribution in [0.15, 0.2) is 30.3 Å². The Morgan fingerprint density at radius 3 is 2.48 bits per heavy atom. The number of aromatic nitrogens is 2. The van der Waals surface area contributed by atoms with Crippen molar-refractivity contribution < 1.29 is 17.9 Å². The van der Waals surface area contributed by atoms with Crippen molar-refractivity contribution in [1.82, 2.24) is 10.2 Å². The minimum atomic E-state index is -3.59. The summed E-state index contributed by atoms with van der Waals surface area (Å²) in [5.74, 6) is -0.181. The molecule has 8 heteroatoms. The van der Waals surface area contributed by atoms with Gasteiger partial charge < -0.3 is 4.74 Å². The molecule has 1 aromatic heterocycles. The van der Waals surface area contributed by atoms with Crippen LogP contribution in [0.5, 0.6) is 0 Å². The Balaban J connectivity index is 2.06. The van der Waals surface area contributed by atoms with E-state index >= 15 is 0 Å². The summed E-state index contributed by atoms with van der Waals surface area (Å²) in [6.45, 7) is 3.96. The van der Waals surface area contributed by atoms with Gasteiger partial charge in [-0.15, -0.1) is 0 Å². The molecule has 0 bridgehead atoms. The minimum Gasteiger partial charge on any atom is -0.465 e. The predicted octanol–water partition coefficient (Wildman–Crippen LogP) is 2.26. The van der Waals surface area contributed by atoms with Crippen LogP contribution in [0.4, 0.5) is 5.82 Å². The van der Waals surface area contributed by atoms with Gasteiger partial charge in [0, 0.05) is 11.8 Å². The highest BCUT2D eigenvalue weighted by molar-refractivity contribution is 7.91. The van der Waals surface area contributed by atoms with Gasteiger partial charge in [-0.25, -0.2) is 13.2 Å². The SMILES string of the molecule is COC(=O)c1ccc(CS(=O)(=O)Nc2cc(C(C)C)[nH]n2)cc1. The molecule has 2 N–H and O–H groups in total. The highest BCUT2D eigenvalue weighted by Crippen LogP contribution is 2.17. The van der Waals surface area contributed by atoms with Crippen LogP contribution < -0.4 is 4.72 Å². The lowest BCUT2D eigenvalue weighted by atomic mass is 10.1. The van der Waals surface area contributed by atoms with E-state index in [2.05, 4.69) is 19.7 Å². The molecule has 0 aliphatic heterocycles. The number of hydrogen-bond donors (Lipinski definition) is 2. The van der Waals surface area contributed by atoms with E-state index in [-0.39, 0.29) is 17.5 Å². The lowest BCUT2D eigenvalue weighted by molar-refractivity contribution is 0.0600. The van der Waals surface area contributed by atoms with E-state index in [0.717, 1.165) is 5.69 Å². The van der Waals surface area contributed by atoms with Gasteiger partial charge in [0.2, 0.25) is 10.0 Å². The maximum absolute atomic E-state index is 12.2. The molecule has 0 spiro atoms. The van der Waals surface area contributed by atoms with Crippen molar-refractivity contribution in [3.8, 4) is 0 Å². The minimum absolute atomic E-state index is 0.210. The zero-order valence-corrected chi connectivity index (χ0v) is 14.0. The molecule has 0 aliphatic carbocycles. The largest absolute Gasteiger partial charge is 0.465 e. The van der Waals surface area contributed by atoms with Crippen LogP contribution in [0.1, 0.15) is 41.4 Å². The first kappa shape index (κ1) is 17.0. The van der Waals surface area contributed by atoms with Crippen molar-refractivity contribution in [2.75, 3.05) is 11.8 Å². The van der Waals surface area contributed by atoms with E-state index in [1.807, 2.05) is 13.8 Å². The number of carbonyl (C=O) groups excluding carboxylic acids is 1. The van der Waals surface area contributed by atoms with E-state index in [1.165, 1.54) is 19.2 Å². The normalized spacial score (nSPS) is 11.5. The third-order valence-electron chi connectivity index (χ3n) is 3.21. The van der Waals surface area contributed by atoms with Crippen molar-refractivity contribution in [2.24, 2.45) is 0 Å². The average Bonchev–Trinajstić information content (AvgIpc) is 2.94. The molecule has 0 atom stereocenters. The molecular formula is C15H19N3O4S. The molecule has 1 aromatic carbocycles. The zero-order valence-electron chi connectivity index (χ0n) is 13.2. The van der Waals surface area contributed by atoms with Crippen LogP contribution in [0.2, 0.25) is 0 Å². The monoisotopic (exact) mass is 337 g/mol. The van der Waals surface area contributed by atoms with Gasteiger partial charge in [-0.1, -0.05) is 26.0 Å².